The number of aliphatic hydroxyl groups excluding tert-OH is 3. The molecule has 3 N–H and O–H groups in total. The maximum absolute atomic E-state index is 10.2. The fourth-order valence-corrected chi connectivity index (χ4v) is 6.89. The van der Waals surface area contributed by atoms with E-state index in [2.05, 4.69) is 52.5 Å². The summed E-state index contributed by atoms with van der Waals surface area (Å²) in [5.74, 6) is 1.62. The fraction of sp³-hybridized carbons (Fsp3) is 0.692. The second-order valence-electron chi connectivity index (χ2n) is 10.1. The molecule has 3 aliphatic rings. The molecule has 0 radical (unpaired) electrons. The summed E-state index contributed by atoms with van der Waals surface area (Å²) in [4.78, 5) is 0. The molecule has 0 heterocycles. The highest BCUT2D eigenvalue weighted by atomic mass is 32.2. The first-order valence-electron chi connectivity index (χ1n) is 11.6. The minimum Gasteiger partial charge on any atom is -0.393 e. The Morgan fingerprint density at radius 2 is 2.00 bits per heavy atom. The minimum absolute atomic E-state index is 0.195. The molecule has 0 aliphatic heterocycles. The van der Waals surface area contributed by atoms with Crippen LogP contribution in [0, 0.1) is 17.3 Å². The summed E-state index contributed by atoms with van der Waals surface area (Å²) < 4.78 is 0. The lowest BCUT2D eigenvalue weighted by molar-refractivity contribution is 0.0862. The zero-order valence-corrected chi connectivity index (χ0v) is 19.9. The van der Waals surface area contributed by atoms with Crippen molar-refractivity contribution in [2.24, 2.45) is 17.3 Å². The molecule has 0 aromatic rings. The van der Waals surface area contributed by atoms with Crippen molar-refractivity contribution in [1.82, 2.24) is 0 Å². The Kier molecular flexibility index (Phi) is 7.76. The monoisotopic (exact) mass is 432 g/mol. The van der Waals surface area contributed by atoms with Gasteiger partial charge in [-0.15, -0.1) is 0 Å². The van der Waals surface area contributed by atoms with Gasteiger partial charge in [-0.1, -0.05) is 56.7 Å². The normalized spacial score (nSPS) is 36.9. The van der Waals surface area contributed by atoms with Crippen molar-refractivity contribution in [2.45, 2.75) is 89.8 Å². The van der Waals surface area contributed by atoms with Gasteiger partial charge in [-0.2, -0.15) is 11.8 Å². The number of thioether (sulfide) groups is 1. The van der Waals surface area contributed by atoms with Crippen LogP contribution in [-0.4, -0.2) is 44.6 Å². The second kappa shape index (κ2) is 9.77. The van der Waals surface area contributed by atoms with Gasteiger partial charge in [0.15, 0.2) is 0 Å². The lowest BCUT2D eigenvalue weighted by Crippen LogP contribution is -2.33. The van der Waals surface area contributed by atoms with Gasteiger partial charge in [-0.3, -0.25) is 0 Å². The number of rotatable bonds is 6. The Hall–Kier alpha value is -0.810. The predicted octanol–water partition coefficient (Wildman–Crippen LogP) is 5.19. The average Bonchev–Trinajstić information content (AvgIpc) is 3.04. The summed E-state index contributed by atoms with van der Waals surface area (Å²) >= 11 is 1.89. The van der Waals surface area contributed by atoms with Crippen molar-refractivity contribution in [2.75, 3.05) is 5.75 Å². The molecule has 4 heteroatoms. The summed E-state index contributed by atoms with van der Waals surface area (Å²) in [7, 11) is 0. The van der Waals surface area contributed by atoms with Gasteiger partial charge in [-0.25, -0.2) is 0 Å². The van der Waals surface area contributed by atoms with Gasteiger partial charge in [0.05, 0.1) is 18.3 Å². The van der Waals surface area contributed by atoms with Gasteiger partial charge in [0.2, 0.25) is 0 Å². The summed E-state index contributed by atoms with van der Waals surface area (Å²) in [5.41, 5.74) is 4.98. The van der Waals surface area contributed by atoms with Crippen molar-refractivity contribution >= 4 is 11.8 Å². The zero-order chi connectivity index (χ0) is 22.1. The zero-order valence-electron chi connectivity index (χ0n) is 19.1. The molecule has 0 amide bonds. The van der Waals surface area contributed by atoms with Crippen molar-refractivity contribution in [3.63, 3.8) is 0 Å². The molecule has 6 atom stereocenters. The highest BCUT2D eigenvalue weighted by Gasteiger charge is 2.46. The third-order valence-electron chi connectivity index (χ3n) is 7.60. The molecule has 2 unspecified atom stereocenters. The lowest BCUT2D eigenvalue weighted by Gasteiger charge is -2.42. The van der Waals surface area contributed by atoms with Gasteiger partial charge in [-0.05, 0) is 67.4 Å². The Balaban J connectivity index is 1.73. The van der Waals surface area contributed by atoms with E-state index in [1.54, 1.807) is 5.57 Å². The average molecular weight is 433 g/mol. The first-order valence-corrected chi connectivity index (χ1v) is 12.6. The molecular weight excluding hydrogens is 392 g/mol. The molecule has 3 nitrogen and oxygen atoms in total. The van der Waals surface area contributed by atoms with E-state index in [1.807, 2.05) is 11.8 Å². The third kappa shape index (κ3) is 4.98. The fourth-order valence-electron chi connectivity index (χ4n) is 5.47. The van der Waals surface area contributed by atoms with E-state index in [0.29, 0.717) is 29.9 Å². The minimum atomic E-state index is -0.631. The van der Waals surface area contributed by atoms with Gasteiger partial charge in [0.1, 0.15) is 0 Å². The van der Waals surface area contributed by atoms with E-state index in [9.17, 15) is 15.3 Å². The molecule has 30 heavy (non-hydrogen) atoms. The van der Waals surface area contributed by atoms with Gasteiger partial charge < -0.3 is 15.3 Å². The van der Waals surface area contributed by atoms with Gasteiger partial charge in [0.25, 0.3) is 0 Å². The van der Waals surface area contributed by atoms with Crippen LogP contribution in [0.25, 0.3) is 0 Å². The maximum Gasteiger partial charge on any atom is 0.0811 e. The smallest absolute Gasteiger partial charge is 0.0811 e. The van der Waals surface area contributed by atoms with Crippen LogP contribution >= 0.6 is 11.8 Å². The summed E-state index contributed by atoms with van der Waals surface area (Å²) in [6.45, 7) is 12.9. The van der Waals surface area contributed by atoms with Crippen LogP contribution in [0.2, 0.25) is 0 Å². The highest BCUT2D eigenvalue weighted by molar-refractivity contribution is 8.00. The molecule has 3 rings (SSSR count). The van der Waals surface area contributed by atoms with Crippen LogP contribution in [0.1, 0.15) is 66.2 Å². The summed E-state index contributed by atoms with van der Waals surface area (Å²) in [6, 6.07) is 0. The van der Waals surface area contributed by atoms with Crippen LogP contribution in [0.3, 0.4) is 0 Å². The number of hydrogen-bond donors (Lipinski definition) is 3. The molecule has 0 aromatic heterocycles. The van der Waals surface area contributed by atoms with Crippen molar-refractivity contribution < 1.29 is 15.3 Å². The molecule has 0 saturated heterocycles. The third-order valence-corrected chi connectivity index (χ3v) is 8.89. The van der Waals surface area contributed by atoms with E-state index in [0.717, 1.165) is 29.7 Å². The predicted molar refractivity (Wildman–Crippen MR) is 127 cm³/mol. The number of allylic oxidation sites excluding steroid dienone is 4. The SMILES string of the molecule is C=C1/C(=C\C=C2/CCC[C@]3(C)C([C@@H](C)SC[C@H](O)C(C)C)=CC[C@@H]23)CC(O)CC1O. The molecule has 0 aromatic carbocycles. The molecule has 3 aliphatic carbocycles. The van der Waals surface area contributed by atoms with E-state index < -0.39 is 12.2 Å². The number of aliphatic hydroxyl groups is 3. The summed E-state index contributed by atoms with van der Waals surface area (Å²) in [6.07, 6.45) is 11.1. The van der Waals surface area contributed by atoms with Crippen LogP contribution in [-0.2, 0) is 0 Å². The topological polar surface area (TPSA) is 60.7 Å². The molecular formula is C26H40O3S. The molecule has 0 spiro atoms. The first kappa shape index (κ1) is 23.8. The Morgan fingerprint density at radius 1 is 1.27 bits per heavy atom. The van der Waals surface area contributed by atoms with Crippen LogP contribution < -0.4 is 0 Å². The molecule has 2 fully saturated rings. The van der Waals surface area contributed by atoms with Crippen LogP contribution in [0.5, 0.6) is 0 Å². The second-order valence-corrected chi connectivity index (χ2v) is 11.4. The quantitative estimate of drug-likeness (QED) is 0.506. The maximum atomic E-state index is 10.2. The van der Waals surface area contributed by atoms with E-state index in [1.165, 1.54) is 18.4 Å². The van der Waals surface area contributed by atoms with E-state index in [4.69, 9.17) is 0 Å². The number of hydrogen-bond acceptors (Lipinski definition) is 4. The Bertz CT molecular complexity index is 735. The largest absolute Gasteiger partial charge is 0.393 e. The van der Waals surface area contributed by atoms with Crippen molar-refractivity contribution in [3.8, 4) is 0 Å². The summed E-state index contributed by atoms with van der Waals surface area (Å²) in [5, 5.41) is 30.8. The lowest BCUT2D eigenvalue weighted by atomic mass is 9.64. The van der Waals surface area contributed by atoms with Crippen molar-refractivity contribution in [1.29, 1.82) is 0 Å². The van der Waals surface area contributed by atoms with Crippen LogP contribution in [0.15, 0.2) is 47.1 Å². The van der Waals surface area contributed by atoms with Crippen molar-refractivity contribution in [3.05, 3.63) is 47.1 Å². The molecule has 2 saturated carbocycles. The van der Waals surface area contributed by atoms with Gasteiger partial charge in [0, 0.05) is 17.4 Å². The molecule has 168 valence electrons. The highest BCUT2D eigenvalue weighted by Crippen LogP contribution is 2.56. The number of fused-ring (bicyclic) bond motifs is 1. The Labute approximate surface area is 187 Å². The Morgan fingerprint density at radius 3 is 2.70 bits per heavy atom. The standard InChI is InChI=1S/C26H40O3S/c1-16(2)25(29)15-30-18(4)22-10-11-23-19(7-6-12-26(22,23)5)8-9-20-13-21(27)14-24(28)17(20)3/h8-10,16,18,21,23-25,27-29H,3,6-7,11-15H2,1-2,4-5H3/b19-8+,20-9-/t18-,21?,23+,24?,25+,26-/m1/s1. The van der Waals surface area contributed by atoms with Crippen LogP contribution in [0.4, 0.5) is 0 Å². The first-order chi connectivity index (χ1) is 14.1. The van der Waals surface area contributed by atoms with E-state index in [-0.39, 0.29) is 11.5 Å². The van der Waals surface area contributed by atoms with E-state index >= 15 is 0 Å². The van der Waals surface area contributed by atoms with Gasteiger partial charge >= 0.3 is 0 Å². The molecule has 0 bridgehead atoms.